The van der Waals surface area contributed by atoms with Crippen LogP contribution in [0, 0.1) is 16.7 Å². The SMILES string of the molecule is CCC(C)C1O[C@@H](C(C)(C)C)CC1(C)C(=O)OC. The van der Waals surface area contributed by atoms with E-state index in [4.69, 9.17) is 9.47 Å². The van der Waals surface area contributed by atoms with Crippen molar-refractivity contribution < 1.29 is 14.3 Å². The summed E-state index contributed by atoms with van der Waals surface area (Å²) in [4.78, 5) is 12.1. The van der Waals surface area contributed by atoms with E-state index in [0.29, 0.717) is 5.92 Å². The van der Waals surface area contributed by atoms with Crippen molar-refractivity contribution in [3.8, 4) is 0 Å². The highest BCUT2D eigenvalue weighted by molar-refractivity contribution is 5.77. The summed E-state index contributed by atoms with van der Waals surface area (Å²) in [6.07, 6.45) is 1.83. The Hall–Kier alpha value is -0.570. The molecule has 0 N–H and O–H groups in total. The third-order valence-corrected chi connectivity index (χ3v) is 4.33. The molecule has 0 spiro atoms. The number of ether oxygens (including phenoxy) is 2. The van der Waals surface area contributed by atoms with Crippen LogP contribution >= 0.6 is 0 Å². The predicted molar refractivity (Wildman–Crippen MR) is 72.3 cm³/mol. The van der Waals surface area contributed by atoms with Gasteiger partial charge in [0.1, 0.15) is 0 Å². The molecule has 18 heavy (non-hydrogen) atoms. The van der Waals surface area contributed by atoms with Gasteiger partial charge in [0.05, 0.1) is 24.7 Å². The van der Waals surface area contributed by atoms with Crippen LogP contribution in [0.1, 0.15) is 54.4 Å². The first-order valence-corrected chi connectivity index (χ1v) is 6.90. The molecular weight excluding hydrogens is 228 g/mol. The fourth-order valence-electron chi connectivity index (χ4n) is 2.80. The van der Waals surface area contributed by atoms with Gasteiger partial charge in [0, 0.05) is 0 Å². The van der Waals surface area contributed by atoms with Crippen molar-refractivity contribution in [1.82, 2.24) is 0 Å². The van der Waals surface area contributed by atoms with E-state index >= 15 is 0 Å². The lowest BCUT2D eigenvalue weighted by molar-refractivity contribution is -0.157. The maximum absolute atomic E-state index is 12.1. The number of rotatable bonds is 3. The standard InChI is InChI=1S/C15H28O3/c1-8-10(2)12-15(6,13(16)17-7)9-11(18-12)14(3,4)5/h10-12H,8-9H2,1-7H3/t10?,11-,12?,15?/m1/s1. The van der Waals surface area contributed by atoms with Crippen LogP contribution in [0.2, 0.25) is 0 Å². The molecule has 1 heterocycles. The van der Waals surface area contributed by atoms with Crippen molar-refractivity contribution in [2.24, 2.45) is 16.7 Å². The van der Waals surface area contributed by atoms with Gasteiger partial charge in [-0.3, -0.25) is 4.79 Å². The molecule has 0 saturated carbocycles. The number of esters is 1. The molecule has 0 aromatic carbocycles. The van der Waals surface area contributed by atoms with E-state index in [1.54, 1.807) is 0 Å². The van der Waals surface area contributed by atoms with E-state index < -0.39 is 5.41 Å². The van der Waals surface area contributed by atoms with Gasteiger partial charge in [0.25, 0.3) is 0 Å². The number of carbonyl (C=O) groups is 1. The zero-order valence-electron chi connectivity index (χ0n) is 12.9. The number of carbonyl (C=O) groups excluding carboxylic acids is 1. The second-order valence-electron chi connectivity index (χ2n) is 6.91. The molecule has 1 fully saturated rings. The van der Waals surface area contributed by atoms with Crippen LogP contribution in [-0.4, -0.2) is 25.3 Å². The van der Waals surface area contributed by atoms with Gasteiger partial charge in [-0.05, 0) is 24.7 Å². The second-order valence-corrected chi connectivity index (χ2v) is 6.91. The molecule has 1 aliphatic heterocycles. The molecule has 1 saturated heterocycles. The maximum atomic E-state index is 12.1. The van der Waals surface area contributed by atoms with Crippen LogP contribution in [0.5, 0.6) is 0 Å². The van der Waals surface area contributed by atoms with Crippen LogP contribution in [-0.2, 0) is 14.3 Å². The van der Waals surface area contributed by atoms with Crippen LogP contribution < -0.4 is 0 Å². The van der Waals surface area contributed by atoms with Crippen molar-refractivity contribution >= 4 is 5.97 Å². The molecule has 0 aromatic heterocycles. The molecule has 1 rings (SSSR count). The summed E-state index contributed by atoms with van der Waals surface area (Å²) in [6.45, 7) is 12.8. The molecule has 0 aliphatic carbocycles. The number of hydrogen-bond donors (Lipinski definition) is 0. The molecule has 0 aromatic rings. The average Bonchev–Trinajstić information content (AvgIpc) is 2.66. The molecule has 4 atom stereocenters. The Kier molecular flexibility index (Phi) is 4.47. The van der Waals surface area contributed by atoms with Crippen molar-refractivity contribution in [1.29, 1.82) is 0 Å². The van der Waals surface area contributed by atoms with Gasteiger partial charge in [-0.2, -0.15) is 0 Å². The topological polar surface area (TPSA) is 35.5 Å². The summed E-state index contributed by atoms with van der Waals surface area (Å²) >= 11 is 0. The molecule has 0 amide bonds. The summed E-state index contributed by atoms with van der Waals surface area (Å²) < 4.78 is 11.2. The summed E-state index contributed by atoms with van der Waals surface area (Å²) in [5.41, 5.74) is -0.459. The molecule has 1 aliphatic rings. The number of hydrogen-bond acceptors (Lipinski definition) is 3. The summed E-state index contributed by atoms with van der Waals surface area (Å²) in [5.74, 6) is 0.223. The van der Waals surface area contributed by atoms with Crippen LogP contribution in [0.25, 0.3) is 0 Å². The lowest BCUT2D eigenvalue weighted by Gasteiger charge is -2.31. The predicted octanol–water partition coefficient (Wildman–Crippen LogP) is 3.42. The quantitative estimate of drug-likeness (QED) is 0.726. The Bertz CT molecular complexity index is 305. The normalized spacial score (nSPS) is 34.4. The summed E-state index contributed by atoms with van der Waals surface area (Å²) in [6, 6.07) is 0. The van der Waals surface area contributed by atoms with E-state index in [1.165, 1.54) is 7.11 Å². The smallest absolute Gasteiger partial charge is 0.314 e. The minimum atomic E-state index is -0.512. The molecule has 106 valence electrons. The maximum Gasteiger partial charge on any atom is 0.314 e. The first-order chi connectivity index (χ1) is 8.16. The molecule has 0 bridgehead atoms. The van der Waals surface area contributed by atoms with Crippen LogP contribution in [0.4, 0.5) is 0 Å². The molecule has 3 heteroatoms. The van der Waals surface area contributed by atoms with E-state index in [9.17, 15) is 4.79 Å². The van der Waals surface area contributed by atoms with E-state index in [2.05, 4.69) is 34.6 Å². The van der Waals surface area contributed by atoms with Crippen molar-refractivity contribution in [3.05, 3.63) is 0 Å². The molecular formula is C15H28O3. The van der Waals surface area contributed by atoms with Gasteiger partial charge < -0.3 is 9.47 Å². The van der Waals surface area contributed by atoms with Crippen molar-refractivity contribution in [2.45, 2.75) is 66.6 Å². The zero-order valence-corrected chi connectivity index (χ0v) is 12.9. The first-order valence-electron chi connectivity index (χ1n) is 6.90. The van der Waals surface area contributed by atoms with Crippen molar-refractivity contribution in [2.75, 3.05) is 7.11 Å². The minimum absolute atomic E-state index is 0.0424. The lowest BCUT2D eigenvalue weighted by Crippen LogP contribution is -2.40. The Morgan fingerprint density at radius 3 is 2.44 bits per heavy atom. The van der Waals surface area contributed by atoms with Gasteiger partial charge in [-0.15, -0.1) is 0 Å². The highest BCUT2D eigenvalue weighted by Crippen LogP contribution is 2.48. The van der Waals surface area contributed by atoms with E-state index in [0.717, 1.165) is 12.8 Å². The third kappa shape index (κ3) is 2.71. The van der Waals surface area contributed by atoms with Gasteiger partial charge in [0.2, 0.25) is 0 Å². The van der Waals surface area contributed by atoms with E-state index in [1.807, 2.05) is 6.92 Å². The Balaban J connectivity index is 3.02. The average molecular weight is 256 g/mol. The molecule has 3 nitrogen and oxygen atoms in total. The third-order valence-electron chi connectivity index (χ3n) is 4.33. The van der Waals surface area contributed by atoms with Gasteiger partial charge in [0.15, 0.2) is 0 Å². The Labute approximate surface area is 111 Å². The Morgan fingerprint density at radius 1 is 1.50 bits per heavy atom. The van der Waals surface area contributed by atoms with E-state index in [-0.39, 0.29) is 23.6 Å². The first kappa shape index (κ1) is 15.5. The summed E-state index contributed by atoms with van der Waals surface area (Å²) in [5, 5.41) is 0. The highest BCUT2D eigenvalue weighted by Gasteiger charge is 2.55. The Morgan fingerprint density at radius 2 is 2.06 bits per heavy atom. The molecule has 0 radical (unpaired) electrons. The molecule has 3 unspecified atom stereocenters. The van der Waals surface area contributed by atoms with Crippen molar-refractivity contribution in [3.63, 3.8) is 0 Å². The van der Waals surface area contributed by atoms with Crippen LogP contribution in [0.15, 0.2) is 0 Å². The van der Waals surface area contributed by atoms with Gasteiger partial charge >= 0.3 is 5.97 Å². The highest BCUT2D eigenvalue weighted by atomic mass is 16.5. The van der Waals surface area contributed by atoms with Gasteiger partial charge in [-0.25, -0.2) is 0 Å². The van der Waals surface area contributed by atoms with Gasteiger partial charge in [-0.1, -0.05) is 41.0 Å². The largest absolute Gasteiger partial charge is 0.469 e. The zero-order chi connectivity index (χ0) is 14.1. The van der Waals surface area contributed by atoms with Crippen LogP contribution in [0.3, 0.4) is 0 Å². The summed E-state index contributed by atoms with van der Waals surface area (Å²) in [7, 11) is 1.46. The number of methoxy groups -OCH3 is 1. The lowest BCUT2D eigenvalue weighted by atomic mass is 9.73. The monoisotopic (exact) mass is 256 g/mol. The minimum Gasteiger partial charge on any atom is -0.469 e. The fraction of sp³-hybridized carbons (Fsp3) is 0.933. The fourth-order valence-corrected chi connectivity index (χ4v) is 2.80. The second kappa shape index (κ2) is 5.20.